The summed E-state index contributed by atoms with van der Waals surface area (Å²) in [6, 6.07) is 13.3. The van der Waals surface area contributed by atoms with Gasteiger partial charge in [0.2, 0.25) is 0 Å². The summed E-state index contributed by atoms with van der Waals surface area (Å²) in [5.41, 5.74) is 1.67. The minimum Gasteiger partial charge on any atom is -0.486 e. The Hall–Kier alpha value is -1.56. The highest BCUT2D eigenvalue weighted by molar-refractivity contribution is 14.1. The van der Waals surface area contributed by atoms with Crippen molar-refractivity contribution in [3.05, 3.63) is 66.2 Å². The molecule has 0 bridgehead atoms. The number of carbonyl (C=O) groups excluding carboxylic acids is 1. The van der Waals surface area contributed by atoms with Gasteiger partial charge in [-0.25, -0.2) is 0 Å². The number of ether oxygens (including phenoxy) is 1. The molecule has 27 heavy (non-hydrogen) atoms. The summed E-state index contributed by atoms with van der Waals surface area (Å²) >= 11 is 12.0. The van der Waals surface area contributed by atoms with Crippen molar-refractivity contribution in [1.29, 1.82) is 5.26 Å². The van der Waals surface area contributed by atoms with Gasteiger partial charge in [-0.1, -0.05) is 23.7 Å². The van der Waals surface area contributed by atoms with Crippen LogP contribution in [0.5, 0.6) is 5.75 Å². The highest BCUT2D eigenvalue weighted by Gasteiger charge is 2.13. The number of carbonyl (C=O) groups is 1. The maximum Gasteiger partial charge on any atom is 0.262 e. The predicted molar refractivity (Wildman–Crippen MR) is 120 cm³/mol. The molecule has 0 fully saturated rings. The first-order chi connectivity index (χ1) is 12.8. The van der Waals surface area contributed by atoms with Crippen LogP contribution in [0.2, 0.25) is 5.02 Å². The maximum atomic E-state index is 12.0. The van der Waals surface area contributed by atoms with Crippen LogP contribution in [0.15, 0.2) is 46.4 Å². The lowest BCUT2D eigenvalue weighted by atomic mass is 10.1. The first kappa shape index (κ1) is 21.7. The van der Waals surface area contributed by atoms with E-state index in [4.69, 9.17) is 16.3 Å². The summed E-state index contributed by atoms with van der Waals surface area (Å²) in [7, 11) is 0. The van der Waals surface area contributed by atoms with E-state index in [-0.39, 0.29) is 11.6 Å². The molecular weight excluding hydrogens is 542 g/mol. The number of benzene rings is 2. The lowest BCUT2D eigenvalue weighted by Gasteiger charge is -2.12. The number of halogens is 3. The Bertz CT molecular complexity index is 882. The fraction of sp³-hybridized carbons (Fsp3) is 0.200. The summed E-state index contributed by atoms with van der Waals surface area (Å²) in [6.07, 6.45) is 1.50. The SMILES string of the molecule is CC(C)NC(=O)/C(C#N)=C\c1cc(Cl)c(OCc2ccc(I)cc2)c(Br)c1. The van der Waals surface area contributed by atoms with Gasteiger partial charge in [0.1, 0.15) is 18.2 Å². The predicted octanol–water partition coefficient (Wildman–Crippen LogP) is 5.72. The van der Waals surface area contributed by atoms with Gasteiger partial charge in [-0.3, -0.25) is 4.79 Å². The Morgan fingerprint density at radius 2 is 2.04 bits per heavy atom. The molecule has 0 aliphatic heterocycles. The zero-order valence-electron chi connectivity index (χ0n) is 14.7. The van der Waals surface area contributed by atoms with Crippen LogP contribution in [-0.2, 0) is 11.4 Å². The standard InChI is InChI=1S/C20H17BrClIN2O2/c1-12(2)25-20(26)15(10-24)7-14-8-17(21)19(18(22)9-14)27-11-13-3-5-16(23)6-4-13/h3-9,12H,11H2,1-2H3,(H,25,26)/b15-7-. The normalized spacial score (nSPS) is 11.2. The van der Waals surface area contributed by atoms with Crippen LogP contribution in [0.3, 0.4) is 0 Å². The fourth-order valence-electron chi connectivity index (χ4n) is 2.19. The molecule has 0 heterocycles. The smallest absolute Gasteiger partial charge is 0.262 e. The summed E-state index contributed by atoms with van der Waals surface area (Å²) in [5.74, 6) is 0.0938. The average molecular weight is 560 g/mol. The molecule has 0 aliphatic rings. The molecule has 7 heteroatoms. The second-order valence-electron chi connectivity index (χ2n) is 6.03. The molecule has 0 spiro atoms. The third-order valence-corrected chi connectivity index (χ3v) is 5.00. The molecule has 0 aliphatic carbocycles. The molecular formula is C20H17BrClIN2O2. The molecule has 0 unspecified atom stereocenters. The molecule has 0 atom stereocenters. The number of nitrogens with one attached hydrogen (secondary N) is 1. The summed E-state index contributed by atoms with van der Waals surface area (Å²) in [5, 5.41) is 12.3. The van der Waals surface area contributed by atoms with E-state index in [0.717, 1.165) is 9.13 Å². The lowest BCUT2D eigenvalue weighted by molar-refractivity contribution is -0.117. The van der Waals surface area contributed by atoms with Crippen LogP contribution < -0.4 is 10.1 Å². The van der Waals surface area contributed by atoms with Crippen LogP contribution >= 0.6 is 50.1 Å². The number of nitrogens with zero attached hydrogens (tertiary/aromatic N) is 1. The Kier molecular flexibility index (Phi) is 8.14. The van der Waals surface area contributed by atoms with Gasteiger partial charge < -0.3 is 10.1 Å². The zero-order chi connectivity index (χ0) is 20.0. The Balaban J connectivity index is 2.20. The number of hydrogen-bond donors (Lipinski definition) is 1. The van der Waals surface area contributed by atoms with Crippen LogP contribution in [0.25, 0.3) is 6.08 Å². The van der Waals surface area contributed by atoms with Gasteiger partial charge in [-0.15, -0.1) is 0 Å². The second-order valence-corrected chi connectivity index (χ2v) is 8.53. The van der Waals surface area contributed by atoms with Crippen molar-refractivity contribution in [2.45, 2.75) is 26.5 Å². The van der Waals surface area contributed by atoms with Crippen LogP contribution in [0, 0.1) is 14.9 Å². The quantitative estimate of drug-likeness (QED) is 0.280. The molecule has 1 amide bonds. The van der Waals surface area contributed by atoms with Crippen molar-refractivity contribution in [2.75, 3.05) is 0 Å². The molecule has 4 nitrogen and oxygen atoms in total. The van der Waals surface area contributed by atoms with Gasteiger partial charge in [0, 0.05) is 9.61 Å². The molecule has 1 N–H and O–H groups in total. The van der Waals surface area contributed by atoms with Crippen LogP contribution in [-0.4, -0.2) is 11.9 Å². The van der Waals surface area contributed by atoms with E-state index in [2.05, 4.69) is 43.8 Å². The monoisotopic (exact) mass is 558 g/mol. The van der Waals surface area contributed by atoms with Gasteiger partial charge in [-0.05, 0) is 93.8 Å². The molecule has 2 aromatic rings. The highest BCUT2D eigenvalue weighted by Crippen LogP contribution is 2.35. The minimum atomic E-state index is -0.418. The van der Waals surface area contributed by atoms with Crippen molar-refractivity contribution < 1.29 is 9.53 Å². The highest BCUT2D eigenvalue weighted by atomic mass is 127. The average Bonchev–Trinajstić information content (AvgIpc) is 2.59. The first-order valence-electron chi connectivity index (χ1n) is 8.09. The first-order valence-corrected chi connectivity index (χ1v) is 10.3. The minimum absolute atomic E-state index is 0.0132. The van der Waals surface area contributed by atoms with Gasteiger partial charge in [-0.2, -0.15) is 5.26 Å². The molecule has 0 saturated heterocycles. The molecule has 2 rings (SSSR count). The van der Waals surface area contributed by atoms with Gasteiger partial charge in [0.15, 0.2) is 5.75 Å². The van der Waals surface area contributed by atoms with E-state index in [9.17, 15) is 10.1 Å². The van der Waals surface area contributed by atoms with E-state index in [1.165, 1.54) is 6.08 Å². The topological polar surface area (TPSA) is 62.1 Å². The summed E-state index contributed by atoms with van der Waals surface area (Å²) < 4.78 is 7.63. The van der Waals surface area contributed by atoms with Crippen LogP contribution in [0.4, 0.5) is 0 Å². The van der Waals surface area contributed by atoms with E-state index in [1.54, 1.807) is 12.1 Å². The van der Waals surface area contributed by atoms with Crippen LogP contribution in [0.1, 0.15) is 25.0 Å². The zero-order valence-corrected chi connectivity index (χ0v) is 19.2. The molecule has 2 aromatic carbocycles. The van der Waals surface area contributed by atoms with E-state index < -0.39 is 5.91 Å². The fourth-order valence-corrected chi connectivity index (χ4v) is 3.54. The Morgan fingerprint density at radius 1 is 1.37 bits per heavy atom. The summed E-state index contributed by atoms with van der Waals surface area (Å²) in [4.78, 5) is 12.0. The molecule has 0 aromatic heterocycles. The number of amides is 1. The van der Waals surface area contributed by atoms with Crippen molar-refractivity contribution in [1.82, 2.24) is 5.32 Å². The second kappa shape index (κ2) is 10.1. The van der Waals surface area contributed by atoms with Crippen molar-refractivity contribution in [3.8, 4) is 11.8 Å². The van der Waals surface area contributed by atoms with Gasteiger partial charge in [0.25, 0.3) is 5.91 Å². The number of hydrogen-bond acceptors (Lipinski definition) is 3. The lowest BCUT2D eigenvalue weighted by Crippen LogP contribution is -2.30. The van der Waals surface area contributed by atoms with Crippen molar-refractivity contribution in [3.63, 3.8) is 0 Å². The van der Waals surface area contributed by atoms with E-state index in [1.807, 2.05) is 44.2 Å². The van der Waals surface area contributed by atoms with Gasteiger partial charge in [0.05, 0.1) is 9.50 Å². The molecule has 140 valence electrons. The molecule has 0 radical (unpaired) electrons. The number of nitriles is 1. The van der Waals surface area contributed by atoms with E-state index >= 15 is 0 Å². The third kappa shape index (κ3) is 6.52. The van der Waals surface area contributed by atoms with Gasteiger partial charge >= 0.3 is 0 Å². The Labute approximate surface area is 185 Å². The molecule has 0 saturated carbocycles. The summed E-state index contributed by atoms with van der Waals surface area (Å²) in [6.45, 7) is 4.05. The third-order valence-electron chi connectivity index (χ3n) is 3.41. The number of rotatable bonds is 6. The van der Waals surface area contributed by atoms with Crippen molar-refractivity contribution in [2.24, 2.45) is 0 Å². The van der Waals surface area contributed by atoms with E-state index in [0.29, 0.717) is 27.4 Å². The Morgan fingerprint density at radius 3 is 2.59 bits per heavy atom. The maximum absolute atomic E-state index is 12.0. The largest absolute Gasteiger partial charge is 0.486 e. The van der Waals surface area contributed by atoms with Crippen molar-refractivity contribution >= 4 is 62.1 Å².